The Morgan fingerprint density at radius 2 is 1.91 bits per heavy atom. The van der Waals surface area contributed by atoms with Gasteiger partial charge in [0.25, 0.3) is 0 Å². The second kappa shape index (κ2) is 8.76. The number of furan rings is 1. The lowest BCUT2D eigenvalue weighted by atomic mass is 10.2. The number of hydrogen-bond acceptors (Lipinski definition) is 8. The SMILES string of the molecule is Cl.c1cc(-c2cc3nc(Nc4cc(CC5CC5)[nH]n4)nc(N4CCOCC4)c3o2)ccn1. The van der Waals surface area contributed by atoms with Gasteiger partial charge < -0.3 is 19.4 Å². The first-order valence-electron chi connectivity index (χ1n) is 10.7. The highest BCUT2D eigenvalue weighted by atomic mass is 35.5. The number of fused-ring (bicyclic) bond motifs is 1. The minimum absolute atomic E-state index is 0. The van der Waals surface area contributed by atoms with Gasteiger partial charge in [0.05, 0.1) is 13.2 Å². The van der Waals surface area contributed by atoms with Gasteiger partial charge in [0.15, 0.2) is 17.2 Å². The van der Waals surface area contributed by atoms with Crippen molar-refractivity contribution in [2.24, 2.45) is 5.92 Å². The van der Waals surface area contributed by atoms with E-state index < -0.39 is 0 Å². The summed E-state index contributed by atoms with van der Waals surface area (Å²) >= 11 is 0. The number of aromatic nitrogens is 5. The molecule has 5 heterocycles. The fourth-order valence-corrected chi connectivity index (χ4v) is 3.90. The molecule has 10 heteroatoms. The minimum Gasteiger partial charge on any atom is -0.450 e. The van der Waals surface area contributed by atoms with E-state index in [0.29, 0.717) is 24.7 Å². The molecule has 9 nitrogen and oxygen atoms in total. The monoisotopic (exact) mass is 453 g/mol. The van der Waals surface area contributed by atoms with E-state index in [1.807, 2.05) is 24.3 Å². The van der Waals surface area contributed by atoms with Gasteiger partial charge in [-0.25, -0.2) is 4.98 Å². The summed E-state index contributed by atoms with van der Waals surface area (Å²) < 4.78 is 11.7. The maximum atomic E-state index is 6.21. The average molecular weight is 454 g/mol. The molecule has 6 rings (SSSR count). The fraction of sp³-hybridized carbons (Fsp3) is 0.364. The molecule has 0 unspecified atom stereocenters. The van der Waals surface area contributed by atoms with Gasteiger partial charge in [-0.15, -0.1) is 12.4 Å². The lowest BCUT2D eigenvalue weighted by molar-refractivity contribution is 0.122. The van der Waals surface area contributed by atoms with Crippen LogP contribution >= 0.6 is 12.4 Å². The molecule has 0 amide bonds. The van der Waals surface area contributed by atoms with E-state index in [4.69, 9.17) is 19.1 Å². The lowest BCUT2D eigenvalue weighted by Gasteiger charge is -2.27. The number of aromatic amines is 1. The maximum Gasteiger partial charge on any atom is 0.231 e. The molecule has 2 N–H and O–H groups in total. The van der Waals surface area contributed by atoms with Crippen LogP contribution in [0.1, 0.15) is 18.5 Å². The van der Waals surface area contributed by atoms with Crippen molar-refractivity contribution in [1.82, 2.24) is 25.1 Å². The van der Waals surface area contributed by atoms with Crippen molar-refractivity contribution < 1.29 is 9.15 Å². The summed E-state index contributed by atoms with van der Waals surface area (Å²) in [4.78, 5) is 15.8. The van der Waals surface area contributed by atoms with Crippen molar-refractivity contribution in [2.45, 2.75) is 19.3 Å². The molecule has 2 fully saturated rings. The van der Waals surface area contributed by atoms with Gasteiger partial charge in [0.1, 0.15) is 11.3 Å². The Kier molecular flexibility index (Phi) is 5.67. The van der Waals surface area contributed by atoms with Gasteiger partial charge in [-0.3, -0.25) is 10.1 Å². The van der Waals surface area contributed by atoms with Crippen LogP contribution in [0.25, 0.3) is 22.4 Å². The van der Waals surface area contributed by atoms with E-state index in [1.165, 1.54) is 12.8 Å². The standard InChI is InChI=1S/C22H23N7O2.ClH/c1-2-14(1)11-16-12-19(28-27-16)25-22-24-17-13-18(15-3-5-23-6-4-15)31-20(17)21(26-22)29-7-9-30-10-8-29;/h3-6,12-14H,1-2,7-11H2,(H2,24,25,26,27,28);1H. The summed E-state index contributed by atoms with van der Waals surface area (Å²) in [7, 11) is 0. The van der Waals surface area contributed by atoms with Gasteiger partial charge in [-0.05, 0) is 37.3 Å². The normalized spacial score (nSPS) is 16.2. The van der Waals surface area contributed by atoms with Crippen molar-refractivity contribution in [3.8, 4) is 11.3 Å². The second-order valence-corrected chi connectivity index (χ2v) is 8.08. The highest BCUT2D eigenvalue weighted by molar-refractivity contribution is 5.89. The van der Waals surface area contributed by atoms with Gasteiger partial charge in [-0.2, -0.15) is 10.1 Å². The zero-order valence-corrected chi connectivity index (χ0v) is 18.3. The minimum atomic E-state index is 0. The number of H-pyrrole nitrogens is 1. The number of hydrogen-bond donors (Lipinski definition) is 2. The fourth-order valence-electron chi connectivity index (χ4n) is 3.90. The molecule has 1 aliphatic heterocycles. The van der Waals surface area contributed by atoms with Crippen LogP contribution in [0, 0.1) is 5.92 Å². The smallest absolute Gasteiger partial charge is 0.231 e. The molecule has 166 valence electrons. The number of ether oxygens (including phenoxy) is 1. The van der Waals surface area contributed by atoms with Crippen LogP contribution in [0.2, 0.25) is 0 Å². The summed E-state index contributed by atoms with van der Waals surface area (Å²) in [5.41, 5.74) is 3.52. The van der Waals surface area contributed by atoms with E-state index in [9.17, 15) is 0 Å². The molecule has 1 saturated carbocycles. The molecule has 0 aromatic carbocycles. The number of rotatable bonds is 6. The van der Waals surface area contributed by atoms with Crippen LogP contribution in [0.4, 0.5) is 17.6 Å². The maximum absolute atomic E-state index is 6.21. The van der Waals surface area contributed by atoms with E-state index in [0.717, 1.165) is 59.6 Å². The van der Waals surface area contributed by atoms with E-state index in [2.05, 4.69) is 25.4 Å². The Labute approximate surface area is 191 Å². The molecular weight excluding hydrogens is 430 g/mol. The predicted molar refractivity (Wildman–Crippen MR) is 124 cm³/mol. The van der Waals surface area contributed by atoms with Gasteiger partial charge in [-0.1, -0.05) is 0 Å². The summed E-state index contributed by atoms with van der Waals surface area (Å²) in [5.74, 6) is 3.53. The van der Waals surface area contributed by atoms with Gasteiger partial charge in [0.2, 0.25) is 5.95 Å². The molecule has 0 bridgehead atoms. The molecule has 32 heavy (non-hydrogen) atoms. The number of nitrogens with zero attached hydrogens (tertiary/aromatic N) is 5. The second-order valence-electron chi connectivity index (χ2n) is 8.08. The van der Waals surface area contributed by atoms with E-state index in [1.54, 1.807) is 12.4 Å². The van der Waals surface area contributed by atoms with Crippen LogP contribution in [0.15, 0.2) is 41.1 Å². The zero-order valence-electron chi connectivity index (χ0n) is 17.5. The van der Waals surface area contributed by atoms with Gasteiger partial charge in [0, 0.05) is 48.9 Å². The molecule has 4 aromatic rings. The van der Waals surface area contributed by atoms with Gasteiger partial charge >= 0.3 is 0 Å². The molecule has 4 aromatic heterocycles. The van der Waals surface area contributed by atoms with Crippen LogP contribution < -0.4 is 10.2 Å². The van der Waals surface area contributed by atoms with Crippen molar-refractivity contribution in [3.63, 3.8) is 0 Å². The van der Waals surface area contributed by atoms with Crippen molar-refractivity contribution in [2.75, 3.05) is 36.5 Å². The molecule has 1 saturated heterocycles. The first-order valence-corrected chi connectivity index (χ1v) is 10.7. The number of nitrogens with one attached hydrogen (secondary N) is 2. The topological polar surface area (TPSA) is 105 Å². The molecular formula is C22H24ClN7O2. The quantitative estimate of drug-likeness (QED) is 0.452. The Balaban J connectivity index is 0.00000216. The number of anilines is 3. The Bertz CT molecular complexity index is 1200. The van der Waals surface area contributed by atoms with Crippen LogP contribution in [-0.4, -0.2) is 51.5 Å². The molecule has 0 spiro atoms. The third-order valence-electron chi connectivity index (χ3n) is 5.71. The Morgan fingerprint density at radius 3 is 2.69 bits per heavy atom. The first-order chi connectivity index (χ1) is 15.3. The van der Waals surface area contributed by atoms with E-state index in [-0.39, 0.29) is 12.4 Å². The predicted octanol–water partition coefficient (Wildman–Crippen LogP) is 3.96. The van der Waals surface area contributed by atoms with Crippen LogP contribution in [0.3, 0.4) is 0 Å². The van der Waals surface area contributed by atoms with Crippen molar-refractivity contribution >= 4 is 41.1 Å². The third-order valence-corrected chi connectivity index (χ3v) is 5.71. The highest BCUT2D eigenvalue weighted by Crippen LogP contribution is 2.34. The summed E-state index contributed by atoms with van der Waals surface area (Å²) in [6.07, 6.45) is 7.17. The molecule has 2 aliphatic rings. The van der Waals surface area contributed by atoms with E-state index >= 15 is 0 Å². The summed E-state index contributed by atoms with van der Waals surface area (Å²) in [5, 5.41) is 10.8. The van der Waals surface area contributed by atoms with Crippen molar-refractivity contribution in [3.05, 3.63) is 42.4 Å². The third kappa shape index (κ3) is 4.26. The Hall–Kier alpha value is -3.17. The number of halogens is 1. The molecule has 0 radical (unpaired) electrons. The van der Waals surface area contributed by atoms with Crippen molar-refractivity contribution in [1.29, 1.82) is 0 Å². The van der Waals surface area contributed by atoms with Crippen LogP contribution in [-0.2, 0) is 11.2 Å². The largest absolute Gasteiger partial charge is 0.450 e. The summed E-state index contributed by atoms with van der Waals surface area (Å²) in [6.45, 7) is 2.84. The summed E-state index contributed by atoms with van der Waals surface area (Å²) in [6, 6.07) is 7.83. The lowest BCUT2D eigenvalue weighted by Crippen LogP contribution is -2.37. The van der Waals surface area contributed by atoms with Crippen LogP contribution in [0.5, 0.6) is 0 Å². The number of pyridine rings is 1. The highest BCUT2D eigenvalue weighted by Gasteiger charge is 2.23. The molecule has 1 aliphatic carbocycles. The molecule has 0 atom stereocenters. The zero-order chi connectivity index (χ0) is 20.6. The average Bonchev–Trinajstić information content (AvgIpc) is 3.35. The Morgan fingerprint density at radius 1 is 1.09 bits per heavy atom. The number of morpholine rings is 1. The first kappa shape index (κ1) is 20.7.